The third kappa shape index (κ3) is 4.35. The Hall–Kier alpha value is -4.05. The molecule has 0 unspecified atom stereocenters. The lowest BCUT2D eigenvalue weighted by atomic mass is 10.1. The SMILES string of the molecule is COC(=O)c1ccccc1NC(=O)c1sc2ncnc(N3CCN(c4ccccc4F)CC3)c2c1C. The Labute approximate surface area is 211 Å². The van der Waals surface area contributed by atoms with Gasteiger partial charge in [-0.2, -0.15) is 0 Å². The fourth-order valence-corrected chi connectivity index (χ4v) is 5.47. The molecule has 3 heterocycles. The van der Waals surface area contributed by atoms with E-state index in [4.69, 9.17) is 4.74 Å². The highest BCUT2D eigenvalue weighted by Gasteiger charge is 2.26. The number of nitrogens with one attached hydrogen (secondary N) is 1. The summed E-state index contributed by atoms with van der Waals surface area (Å²) in [6, 6.07) is 13.5. The summed E-state index contributed by atoms with van der Waals surface area (Å²) in [5.41, 5.74) is 2.03. The zero-order chi connectivity index (χ0) is 25.2. The zero-order valence-corrected chi connectivity index (χ0v) is 20.6. The van der Waals surface area contributed by atoms with Crippen molar-refractivity contribution in [1.82, 2.24) is 9.97 Å². The molecular weight excluding hydrogens is 481 g/mol. The van der Waals surface area contributed by atoms with Gasteiger partial charge in [0.2, 0.25) is 0 Å². The third-order valence-corrected chi connectivity index (χ3v) is 7.46. The molecule has 0 aliphatic carbocycles. The first-order valence-electron chi connectivity index (χ1n) is 11.4. The van der Waals surface area contributed by atoms with Gasteiger partial charge >= 0.3 is 5.97 Å². The highest BCUT2D eigenvalue weighted by molar-refractivity contribution is 7.20. The second-order valence-electron chi connectivity index (χ2n) is 8.35. The van der Waals surface area contributed by atoms with E-state index in [0.717, 1.165) is 16.8 Å². The number of ether oxygens (including phenoxy) is 1. The second kappa shape index (κ2) is 9.90. The molecule has 1 fully saturated rings. The molecule has 0 atom stereocenters. The normalized spacial score (nSPS) is 13.6. The van der Waals surface area contributed by atoms with Gasteiger partial charge in [-0.1, -0.05) is 24.3 Å². The monoisotopic (exact) mass is 505 g/mol. The smallest absolute Gasteiger partial charge is 0.339 e. The van der Waals surface area contributed by atoms with Crippen LogP contribution in [-0.2, 0) is 4.74 Å². The van der Waals surface area contributed by atoms with E-state index >= 15 is 0 Å². The van der Waals surface area contributed by atoms with Crippen LogP contribution < -0.4 is 15.1 Å². The first-order chi connectivity index (χ1) is 17.5. The van der Waals surface area contributed by atoms with Gasteiger partial charge in [0.05, 0.1) is 34.3 Å². The van der Waals surface area contributed by atoms with Crippen LogP contribution in [-0.4, -0.2) is 55.1 Å². The Kier molecular flexibility index (Phi) is 6.51. The third-order valence-electron chi connectivity index (χ3n) is 6.27. The number of nitrogens with zero attached hydrogens (tertiary/aromatic N) is 4. The Bertz CT molecular complexity index is 1450. The number of aryl methyl sites for hydroxylation is 1. The van der Waals surface area contributed by atoms with Gasteiger partial charge in [-0.05, 0) is 36.8 Å². The number of carbonyl (C=O) groups is 2. The first-order valence-corrected chi connectivity index (χ1v) is 12.3. The summed E-state index contributed by atoms with van der Waals surface area (Å²) in [6.45, 7) is 4.48. The van der Waals surface area contributed by atoms with Gasteiger partial charge in [-0.15, -0.1) is 11.3 Å². The zero-order valence-electron chi connectivity index (χ0n) is 19.8. The number of amides is 1. The highest BCUT2D eigenvalue weighted by Crippen LogP contribution is 2.36. The van der Waals surface area contributed by atoms with Crippen LogP contribution in [0, 0.1) is 12.7 Å². The predicted octanol–water partition coefficient (Wildman–Crippen LogP) is 4.50. The van der Waals surface area contributed by atoms with Crippen LogP contribution in [0.1, 0.15) is 25.6 Å². The van der Waals surface area contributed by atoms with Gasteiger partial charge < -0.3 is 19.9 Å². The number of anilines is 3. The van der Waals surface area contributed by atoms with Crippen molar-refractivity contribution >= 4 is 50.6 Å². The molecule has 1 aliphatic rings. The van der Waals surface area contributed by atoms with Crippen molar-refractivity contribution in [2.45, 2.75) is 6.92 Å². The average molecular weight is 506 g/mol. The van der Waals surface area contributed by atoms with Crippen LogP contribution in [0.2, 0.25) is 0 Å². The molecule has 1 N–H and O–H groups in total. The maximum absolute atomic E-state index is 14.2. The predicted molar refractivity (Wildman–Crippen MR) is 139 cm³/mol. The molecule has 1 amide bonds. The lowest BCUT2D eigenvalue weighted by Crippen LogP contribution is -2.47. The van der Waals surface area contributed by atoms with Crippen molar-refractivity contribution in [3.8, 4) is 0 Å². The molecule has 4 aromatic rings. The maximum Gasteiger partial charge on any atom is 0.339 e. The topological polar surface area (TPSA) is 87.7 Å². The van der Waals surface area contributed by atoms with Crippen LogP contribution >= 0.6 is 11.3 Å². The minimum atomic E-state index is -0.526. The van der Waals surface area contributed by atoms with Crippen molar-refractivity contribution in [2.75, 3.05) is 48.4 Å². The molecule has 1 aliphatic heterocycles. The Morgan fingerprint density at radius 1 is 1.00 bits per heavy atom. The summed E-state index contributed by atoms with van der Waals surface area (Å²) < 4.78 is 19.1. The van der Waals surface area contributed by atoms with Crippen molar-refractivity contribution < 1.29 is 18.7 Å². The Morgan fingerprint density at radius 3 is 2.44 bits per heavy atom. The number of fused-ring (bicyclic) bond motifs is 1. The van der Waals surface area contributed by atoms with Crippen molar-refractivity contribution in [1.29, 1.82) is 0 Å². The Balaban J connectivity index is 1.40. The van der Waals surface area contributed by atoms with E-state index in [-0.39, 0.29) is 17.3 Å². The van der Waals surface area contributed by atoms with Crippen LogP contribution in [0.15, 0.2) is 54.9 Å². The van der Waals surface area contributed by atoms with E-state index in [9.17, 15) is 14.0 Å². The number of hydrogen-bond donors (Lipinski definition) is 1. The summed E-state index contributed by atoms with van der Waals surface area (Å²) >= 11 is 1.28. The molecule has 0 radical (unpaired) electrons. The van der Waals surface area contributed by atoms with Crippen LogP contribution in [0.5, 0.6) is 0 Å². The molecule has 0 bridgehead atoms. The van der Waals surface area contributed by atoms with Gasteiger partial charge in [-0.3, -0.25) is 4.79 Å². The van der Waals surface area contributed by atoms with Crippen LogP contribution in [0.3, 0.4) is 0 Å². The van der Waals surface area contributed by atoms with Gasteiger partial charge in [0.15, 0.2) is 0 Å². The molecule has 36 heavy (non-hydrogen) atoms. The Morgan fingerprint density at radius 2 is 1.69 bits per heavy atom. The molecule has 8 nitrogen and oxygen atoms in total. The molecule has 0 saturated carbocycles. The summed E-state index contributed by atoms with van der Waals surface area (Å²) in [6.07, 6.45) is 1.51. The molecule has 184 valence electrons. The second-order valence-corrected chi connectivity index (χ2v) is 9.35. The van der Waals surface area contributed by atoms with E-state index in [2.05, 4.69) is 20.2 Å². The largest absolute Gasteiger partial charge is 0.465 e. The van der Waals surface area contributed by atoms with E-state index in [1.807, 2.05) is 17.9 Å². The lowest BCUT2D eigenvalue weighted by Gasteiger charge is -2.37. The van der Waals surface area contributed by atoms with E-state index in [1.165, 1.54) is 30.8 Å². The first kappa shape index (κ1) is 23.7. The van der Waals surface area contributed by atoms with Crippen molar-refractivity contribution in [2.24, 2.45) is 0 Å². The fraction of sp³-hybridized carbons (Fsp3) is 0.231. The number of methoxy groups -OCH3 is 1. The van der Waals surface area contributed by atoms with Gasteiger partial charge in [0, 0.05) is 26.2 Å². The summed E-state index contributed by atoms with van der Waals surface area (Å²) in [5.74, 6) is -0.326. The standard InChI is InChI=1S/C26H24FN5O3S/c1-16-21-23(32-13-11-31(12-14-32)20-10-6-4-8-18(20)27)28-15-29-25(21)36-22(16)24(33)30-19-9-5-3-7-17(19)26(34)35-2/h3-10,15H,11-14H2,1-2H3,(H,30,33). The summed E-state index contributed by atoms with van der Waals surface area (Å²) in [5, 5.41) is 3.67. The van der Waals surface area contributed by atoms with Crippen LogP contribution in [0.4, 0.5) is 21.6 Å². The van der Waals surface area contributed by atoms with Crippen molar-refractivity contribution in [3.05, 3.63) is 76.7 Å². The number of halogens is 1. The van der Waals surface area contributed by atoms with Gasteiger partial charge in [0.25, 0.3) is 5.91 Å². The number of para-hydroxylation sites is 2. The molecular formula is C26H24FN5O3S. The minimum absolute atomic E-state index is 0.228. The molecule has 10 heteroatoms. The quantitative estimate of drug-likeness (QED) is 0.400. The van der Waals surface area contributed by atoms with Crippen LogP contribution in [0.25, 0.3) is 10.2 Å². The number of esters is 1. The fourth-order valence-electron chi connectivity index (χ4n) is 4.44. The minimum Gasteiger partial charge on any atom is -0.465 e. The summed E-state index contributed by atoms with van der Waals surface area (Å²) in [7, 11) is 1.30. The van der Waals surface area contributed by atoms with Crippen molar-refractivity contribution in [3.63, 3.8) is 0 Å². The maximum atomic E-state index is 14.2. The van der Waals surface area contributed by atoms with Gasteiger partial charge in [-0.25, -0.2) is 19.2 Å². The number of hydrogen-bond acceptors (Lipinski definition) is 8. The number of carbonyl (C=O) groups excluding carboxylic acids is 2. The summed E-state index contributed by atoms with van der Waals surface area (Å²) in [4.78, 5) is 39.7. The molecule has 5 rings (SSSR count). The highest BCUT2D eigenvalue weighted by atomic mass is 32.1. The number of rotatable bonds is 5. The average Bonchev–Trinajstić information content (AvgIpc) is 3.25. The number of piperazine rings is 1. The molecule has 2 aromatic heterocycles. The molecule has 0 spiro atoms. The molecule has 2 aromatic carbocycles. The number of benzene rings is 2. The van der Waals surface area contributed by atoms with E-state index in [1.54, 1.807) is 36.4 Å². The van der Waals surface area contributed by atoms with Gasteiger partial charge in [0.1, 0.15) is 22.8 Å². The van der Waals surface area contributed by atoms with E-state index in [0.29, 0.717) is 47.3 Å². The molecule has 1 saturated heterocycles. The lowest BCUT2D eigenvalue weighted by molar-refractivity contribution is 0.0602. The number of aromatic nitrogens is 2. The van der Waals surface area contributed by atoms with E-state index < -0.39 is 5.97 Å². The number of thiophene rings is 1.